The van der Waals surface area contributed by atoms with Crippen LogP contribution in [0.1, 0.15) is 11.1 Å². The minimum Gasteiger partial charge on any atom is -0.280 e. The second-order valence-corrected chi connectivity index (χ2v) is 7.02. The van der Waals surface area contributed by atoms with Crippen molar-refractivity contribution in [1.82, 2.24) is 0 Å². The highest BCUT2D eigenvalue weighted by molar-refractivity contribution is 7.92. The highest BCUT2D eigenvalue weighted by Crippen LogP contribution is 2.34. The molecule has 0 aromatic heterocycles. The van der Waals surface area contributed by atoms with E-state index in [0.29, 0.717) is 12.1 Å². The lowest BCUT2D eigenvalue weighted by molar-refractivity contribution is -0.137. The molecule has 0 heterocycles. The van der Waals surface area contributed by atoms with Gasteiger partial charge in [-0.2, -0.15) is 18.4 Å². The van der Waals surface area contributed by atoms with E-state index < -0.39 is 26.7 Å². The largest absolute Gasteiger partial charge is 0.416 e. The van der Waals surface area contributed by atoms with Crippen LogP contribution >= 0.6 is 23.2 Å². The number of nitriles is 1. The second-order valence-electron chi connectivity index (χ2n) is 4.55. The summed E-state index contributed by atoms with van der Waals surface area (Å²) in [5.74, 6) is 0. The lowest BCUT2D eigenvalue weighted by Gasteiger charge is -2.13. The quantitative estimate of drug-likeness (QED) is 0.820. The Morgan fingerprint density at radius 2 is 1.67 bits per heavy atom. The molecule has 2 aromatic carbocycles. The fourth-order valence-electron chi connectivity index (χ4n) is 1.77. The molecule has 0 radical (unpaired) electrons. The van der Waals surface area contributed by atoms with Crippen LogP contribution < -0.4 is 4.72 Å². The Morgan fingerprint density at radius 3 is 2.25 bits per heavy atom. The van der Waals surface area contributed by atoms with Crippen LogP contribution in [0.2, 0.25) is 10.0 Å². The van der Waals surface area contributed by atoms with E-state index in [-0.39, 0.29) is 21.3 Å². The first-order valence-electron chi connectivity index (χ1n) is 6.14. The molecule has 10 heteroatoms. The van der Waals surface area contributed by atoms with Crippen molar-refractivity contribution in [2.45, 2.75) is 11.1 Å². The molecule has 0 unspecified atom stereocenters. The van der Waals surface area contributed by atoms with Gasteiger partial charge in [0.05, 0.1) is 26.9 Å². The van der Waals surface area contributed by atoms with Crippen LogP contribution in [0, 0.1) is 11.3 Å². The molecule has 4 nitrogen and oxygen atoms in total. The maximum Gasteiger partial charge on any atom is 0.416 e. The summed E-state index contributed by atoms with van der Waals surface area (Å²) in [4.78, 5) is -0.729. The molecule has 0 bridgehead atoms. The number of halogens is 5. The third kappa shape index (κ3) is 3.93. The molecule has 126 valence electrons. The van der Waals surface area contributed by atoms with Gasteiger partial charge in [-0.3, -0.25) is 4.72 Å². The molecule has 1 N–H and O–H groups in total. The minimum atomic E-state index is -4.72. The third-order valence-electron chi connectivity index (χ3n) is 2.89. The molecule has 0 spiro atoms. The Kier molecular flexibility index (Phi) is 4.99. The summed E-state index contributed by atoms with van der Waals surface area (Å²) in [6.07, 6.45) is -4.72. The van der Waals surface area contributed by atoms with Gasteiger partial charge in [0.1, 0.15) is 11.0 Å². The molecule has 0 aliphatic rings. The SMILES string of the molecule is N#Cc1cc(NS(=O)(=O)c2cc(C(F)(F)F)ccc2Cl)ccc1Cl. The van der Waals surface area contributed by atoms with Crippen LogP contribution in [0.25, 0.3) is 0 Å². The lowest BCUT2D eigenvalue weighted by Crippen LogP contribution is -2.15. The molecule has 0 amide bonds. The number of nitrogens with zero attached hydrogens (tertiary/aromatic N) is 1. The number of benzene rings is 2. The fourth-order valence-corrected chi connectivity index (χ4v) is 3.51. The molecule has 2 aromatic rings. The summed E-state index contributed by atoms with van der Waals surface area (Å²) < 4.78 is 64.9. The average Bonchev–Trinajstić information content (AvgIpc) is 2.48. The Morgan fingerprint density at radius 1 is 1.04 bits per heavy atom. The monoisotopic (exact) mass is 394 g/mol. The van der Waals surface area contributed by atoms with Gasteiger partial charge in [0.15, 0.2) is 0 Å². The summed E-state index contributed by atoms with van der Waals surface area (Å²) in [6.45, 7) is 0. The van der Waals surface area contributed by atoms with E-state index in [0.717, 1.165) is 12.1 Å². The molecule has 0 saturated carbocycles. The molecule has 0 saturated heterocycles. The van der Waals surface area contributed by atoms with E-state index in [4.69, 9.17) is 28.5 Å². The topological polar surface area (TPSA) is 70.0 Å². The first kappa shape index (κ1) is 18.4. The Balaban J connectivity index is 2.47. The Labute approximate surface area is 145 Å². The molecule has 0 atom stereocenters. The van der Waals surface area contributed by atoms with Crippen molar-refractivity contribution in [2.24, 2.45) is 0 Å². The van der Waals surface area contributed by atoms with Gasteiger partial charge < -0.3 is 0 Å². The normalized spacial score (nSPS) is 11.8. The maximum absolute atomic E-state index is 12.7. The van der Waals surface area contributed by atoms with Gasteiger partial charge in [-0.15, -0.1) is 0 Å². The predicted molar refractivity (Wildman–Crippen MR) is 83.4 cm³/mol. The van der Waals surface area contributed by atoms with Crippen molar-refractivity contribution in [3.63, 3.8) is 0 Å². The van der Waals surface area contributed by atoms with Gasteiger partial charge in [-0.1, -0.05) is 23.2 Å². The van der Waals surface area contributed by atoms with Crippen LogP contribution in [0.15, 0.2) is 41.3 Å². The van der Waals surface area contributed by atoms with Crippen molar-refractivity contribution < 1.29 is 21.6 Å². The number of hydrogen-bond donors (Lipinski definition) is 1. The molecule has 0 fully saturated rings. The number of sulfonamides is 1. The van der Waals surface area contributed by atoms with Crippen molar-refractivity contribution >= 4 is 38.9 Å². The van der Waals surface area contributed by atoms with Gasteiger partial charge in [-0.05, 0) is 36.4 Å². The van der Waals surface area contributed by atoms with E-state index in [2.05, 4.69) is 4.72 Å². The standard InChI is InChI=1S/C14H7Cl2F3N2O2S/c15-11-4-2-10(5-8(11)7-20)21-24(22,23)13-6-9(14(17,18)19)1-3-12(13)16/h1-6,21H. The summed E-state index contributed by atoms with van der Waals surface area (Å²) in [5.41, 5.74) is -1.18. The van der Waals surface area contributed by atoms with Crippen LogP contribution in [0.5, 0.6) is 0 Å². The minimum absolute atomic E-state index is 0.00649. The first-order valence-corrected chi connectivity index (χ1v) is 8.38. The first-order chi connectivity index (χ1) is 11.0. The van der Waals surface area contributed by atoms with E-state index in [1.165, 1.54) is 12.1 Å². The van der Waals surface area contributed by atoms with Crippen molar-refractivity contribution in [3.8, 4) is 6.07 Å². The zero-order valence-electron chi connectivity index (χ0n) is 11.5. The zero-order valence-corrected chi connectivity index (χ0v) is 13.9. The van der Waals surface area contributed by atoms with E-state index >= 15 is 0 Å². The number of hydrogen-bond acceptors (Lipinski definition) is 3. The van der Waals surface area contributed by atoms with E-state index in [9.17, 15) is 21.6 Å². The number of nitrogens with one attached hydrogen (secondary N) is 1. The Hall–Kier alpha value is -1.95. The zero-order chi connectivity index (χ0) is 18.1. The number of anilines is 1. The van der Waals surface area contributed by atoms with Gasteiger partial charge in [0.2, 0.25) is 0 Å². The summed E-state index contributed by atoms with van der Waals surface area (Å²) >= 11 is 11.5. The maximum atomic E-state index is 12.7. The molecular formula is C14H7Cl2F3N2O2S. The highest BCUT2D eigenvalue weighted by atomic mass is 35.5. The van der Waals surface area contributed by atoms with Crippen molar-refractivity contribution in [3.05, 3.63) is 57.6 Å². The van der Waals surface area contributed by atoms with Crippen molar-refractivity contribution in [1.29, 1.82) is 5.26 Å². The predicted octanol–water partition coefficient (Wildman–Crippen LogP) is 4.68. The molecular weight excluding hydrogens is 388 g/mol. The van der Waals surface area contributed by atoms with Crippen molar-refractivity contribution in [2.75, 3.05) is 4.72 Å². The van der Waals surface area contributed by atoms with Gasteiger partial charge >= 0.3 is 6.18 Å². The smallest absolute Gasteiger partial charge is 0.280 e. The Bertz CT molecular complexity index is 938. The third-order valence-corrected chi connectivity index (χ3v) is 5.08. The molecule has 2 rings (SSSR count). The van der Waals surface area contributed by atoms with Gasteiger partial charge in [-0.25, -0.2) is 8.42 Å². The number of rotatable bonds is 3. The molecule has 0 aliphatic carbocycles. The lowest BCUT2D eigenvalue weighted by atomic mass is 10.2. The second kappa shape index (κ2) is 6.51. The van der Waals surface area contributed by atoms with Crippen LogP contribution in [0.3, 0.4) is 0 Å². The van der Waals surface area contributed by atoms with E-state index in [1.54, 1.807) is 6.07 Å². The molecule has 0 aliphatic heterocycles. The van der Waals surface area contributed by atoms with Crippen LogP contribution in [-0.2, 0) is 16.2 Å². The number of alkyl halides is 3. The fraction of sp³-hybridized carbons (Fsp3) is 0.0714. The van der Waals surface area contributed by atoms with Gasteiger partial charge in [0.25, 0.3) is 10.0 Å². The average molecular weight is 395 g/mol. The van der Waals surface area contributed by atoms with Crippen LogP contribution in [0.4, 0.5) is 18.9 Å². The summed E-state index contributed by atoms with van der Waals surface area (Å²) in [7, 11) is -4.40. The molecule has 24 heavy (non-hydrogen) atoms. The summed E-state index contributed by atoms with van der Waals surface area (Å²) in [5, 5.41) is 8.61. The van der Waals surface area contributed by atoms with Crippen LogP contribution in [-0.4, -0.2) is 8.42 Å². The van der Waals surface area contributed by atoms with Gasteiger partial charge in [0, 0.05) is 0 Å². The highest BCUT2D eigenvalue weighted by Gasteiger charge is 2.32. The van der Waals surface area contributed by atoms with E-state index in [1.807, 2.05) is 0 Å². The summed E-state index contributed by atoms with van der Waals surface area (Å²) in [6, 6.07) is 7.43.